The summed E-state index contributed by atoms with van der Waals surface area (Å²) in [7, 11) is -7.67. The van der Waals surface area contributed by atoms with Crippen LogP contribution in [-0.4, -0.2) is 28.3 Å². The van der Waals surface area contributed by atoms with Crippen LogP contribution in [0.1, 0.15) is 48.9 Å². The van der Waals surface area contributed by atoms with Gasteiger partial charge in [0.25, 0.3) is 0 Å². The van der Waals surface area contributed by atoms with Crippen LogP contribution in [0.25, 0.3) is 33.4 Å². The maximum absolute atomic E-state index is 13.0. The fraction of sp³-hybridized carbons (Fsp3) is 0.163. The minimum Gasteiger partial charge on any atom is -0.382 e. The summed E-state index contributed by atoms with van der Waals surface area (Å²) in [6, 6.07) is 47.3. The van der Waals surface area contributed by atoms with E-state index in [9.17, 15) is 16.8 Å². The average Bonchev–Trinajstić information content (AvgIpc) is 3.43. The van der Waals surface area contributed by atoms with Gasteiger partial charge in [0.15, 0.2) is 0 Å². The molecule has 51 heavy (non-hydrogen) atoms. The molecule has 0 aliphatic heterocycles. The van der Waals surface area contributed by atoms with Crippen molar-refractivity contribution in [2.45, 2.75) is 32.1 Å². The van der Waals surface area contributed by atoms with E-state index < -0.39 is 25.7 Å². The highest BCUT2D eigenvalue weighted by Gasteiger charge is 2.46. The molecule has 0 unspecified atom stereocenters. The maximum Gasteiger partial charge on any atom is 0.309 e. The lowest BCUT2D eigenvalue weighted by Gasteiger charge is -2.35. The molecule has 0 amide bonds. The van der Waals surface area contributed by atoms with Crippen LogP contribution >= 0.6 is 0 Å². The Labute approximate surface area is 300 Å². The van der Waals surface area contributed by atoms with Crippen molar-refractivity contribution in [3.63, 3.8) is 0 Å². The quantitative estimate of drug-likeness (QED) is 0.117. The van der Waals surface area contributed by atoms with Crippen LogP contribution in [0.4, 0.5) is 0 Å². The summed E-state index contributed by atoms with van der Waals surface area (Å²) in [4.78, 5) is 0. The minimum absolute atomic E-state index is 0.0989. The third-order valence-corrected chi connectivity index (χ3v) is 12.0. The van der Waals surface area contributed by atoms with Gasteiger partial charge in [0, 0.05) is 11.1 Å². The van der Waals surface area contributed by atoms with Crippen molar-refractivity contribution in [2.24, 2.45) is 0 Å². The van der Waals surface area contributed by atoms with Crippen molar-refractivity contribution in [2.75, 3.05) is 11.5 Å². The standard InChI is InChI=1S/C43H38O6S2/c1-3-27-50(44,45)48-41-25-23-33(29-37(41)31-15-7-5-8-16-31)43(39-21-13-11-19-35(39)36-20-12-14-22-40(36)43)34-24-26-42(49-51(46,47)28-4-2)38(30-34)32-17-9-6-10-18-32/h5-26,29-30H,3-4,27-28H2,1-2H3. The summed E-state index contributed by atoms with van der Waals surface area (Å²) in [5, 5.41) is 0. The highest BCUT2D eigenvalue weighted by molar-refractivity contribution is 7.87. The van der Waals surface area contributed by atoms with E-state index in [4.69, 9.17) is 8.37 Å². The first kappa shape index (κ1) is 34.3. The van der Waals surface area contributed by atoms with Gasteiger partial charge in [0.05, 0.1) is 16.9 Å². The lowest BCUT2D eigenvalue weighted by molar-refractivity contribution is 0.484. The van der Waals surface area contributed by atoms with Crippen molar-refractivity contribution in [1.82, 2.24) is 0 Å². The first-order valence-corrected chi connectivity index (χ1v) is 20.3. The molecule has 6 aromatic rings. The molecule has 0 bridgehead atoms. The van der Waals surface area contributed by atoms with Crippen LogP contribution in [-0.2, 0) is 25.7 Å². The molecular formula is C43H38O6S2. The average molecular weight is 715 g/mol. The van der Waals surface area contributed by atoms with Crippen LogP contribution in [0.3, 0.4) is 0 Å². The van der Waals surface area contributed by atoms with Crippen molar-refractivity contribution in [3.8, 4) is 44.9 Å². The topological polar surface area (TPSA) is 86.7 Å². The predicted molar refractivity (Wildman–Crippen MR) is 204 cm³/mol. The SMILES string of the molecule is CCCS(=O)(=O)Oc1ccc(C2(c3ccc(OS(=O)(=O)CCC)c(-c4ccccc4)c3)c3ccccc3-c3ccccc32)cc1-c1ccccc1. The van der Waals surface area contributed by atoms with Crippen LogP contribution in [0.15, 0.2) is 146 Å². The molecule has 0 spiro atoms. The number of hydrogen-bond acceptors (Lipinski definition) is 6. The molecule has 6 nitrogen and oxygen atoms in total. The second-order valence-corrected chi connectivity index (χ2v) is 16.1. The van der Waals surface area contributed by atoms with Crippen molar-refractivity contribution in [3.05, 3.63) is 168 Å². The first-order valence-electron chi connectivity index (χ1n) is 17.1. The van der Waals surface area contributed by atoms with Gasteiger partial charge in [0.1, 0.15) is 11.5 Å². The van der Waals surface area contributed by atoms with E-state index >= 15 is 0 Å². The molecule has 0 saturated carbocycles. The van der Waals surface area contributed by atoms with E-state index in [2.05, 4.69) is 24.3 Å². The van der Waals surface area contributed by atoms with E-state index in [1.807, 2.05) is 109 Å². The normalized spacial score (nSPS) is 13.3. The van der Waals surface area contributed by atoms with Gasteiger partial charge in [0.2, 0.25) is 0 Å². The van der Waals surface area contributed by atoms with Crippen molar-refractivity contribution >= 4 is 20.2 Å². The molecule has 8 heteroatoms. The molecule has 1 aliphatic rings. The van der Waals surface area contributed by atoms with Crippen LogP contribution in [0.5, 0.6) is 11.5 Å². The minimum atomic E-state index is -3.84. The Bertz CT molecular complexity index is 2250. The van der Waals surface area contributed by atoms with E-state index in [1.54, 1.807) is 26.0 Å². The molecule has 1 aliphatic carbocycles. The van der Waals surface area contributed by atoms with Gasteiger partial charge in [-0.15, -0.1) is 0 Å². The lowest BCUT2D eigenvalue weighted by atomic mass is 9.67. The molecular weight excluding hydrogens is 677 g/mol. The monoisotopic (exact) mass is 714 g/mol. The third kappa shape index (κ3) is 6.46. The number of rotatable bonds is 12. The zero-order valence-corrected chi connectivity index (χ0v) is 30.1. The summed E-state index contributed by atoms with van der Waals surface area (Å²) in [6.45, 7) is 3.61. The summed E-state index contributed by atoms with van der Waals surface area (Å²) < 4.78 is 63.6. The zero-order valence-electron chi connectivity index (χ0n) is 28.5. The Balaban J connectivity index is 1.55. The summed E-state index contributed by atoms with van der Waals surface area (Å²) >= 11 is 0. The molecule has 0 heterocycles. The predicted octanol–water partition coefficient (Wildman–Crippen LogP) is 9.62. The molecule has 0 aromatic heterocycles. The van der Waals surface area contributed by atoms with E-state index in [0.717, 1.165) is 44.5 Å². The largest absolute Gasteiger partial charge is 0.382 e. The summed E-state index contributed by atoms with van der Waals surface area (Å²) in [5.41, 5.74) is 8.05. The Kier molecular flexibility index (Phi) is 9.31. The maximum atomic E-state index is 13.0. The smallest absolute Gasteiger partial charge is 0.309 e. The first-order chi connectivity index (χ1) is 24.7. The Morgan fingerprint density at radius 1 is 0.451 bits per heavy atom. The molecule has 7 rings (SSSR count). The molecule has 0 radical (unpaired) electrons. The zero-order chi connectivity index (χ0) is 35.6. The van der Waals surface area contributed by atoms with E-state index in [0.29, 0.717) is 24.0 Å². The van der Waals surface area contributed by atoms with E-state index in [-0.39, 0.29) is 23.0 Å². The summed E-state index contributed by atoms with van der Waals surface area (Å²) in [5.74, 6) is 0.308. The van der Waals surface area contributed by atoms with E-state index in [1.165, 1.54) is 0 Å². The van der Waals surface area contributed by atoms with Gasteiger partial charge in [-0.05, 0) is 81.6 Å². The van der Waals surface area contributed by atoms with Gasteiger partial charge >= 0.3 is 20.2 Å². The molecule has 258 valence electrons. The van der Waals surface area contributed by atoms with Gasteiger partial charge < -0.3 is 8.37 Å². The molecule has 0 saturated heterocycles. The molecule has 0 fully saturated rings. The Morgan fingerprint density at radius 3 is 1.22 bits per heavy atom. The van der Waals surface area contributed by atoms with Crippen LogP contribution in [0, 0.1) is 0 Å². The second-order valence-electron chi connectivity index (χ2n) is 12.7. The molecule has 6 aromatic carbocycles. The fourth-order valence-electron chi connectivity index (χ4n) is 7.24. The number of benzene rings is 6. The van der Waals surface area contributed by atoms with Gasteiger partial charge in [-0.2, -0.15) is 16.8 Å². The lowest BCUT2D eigenvalue weighted by Crippen LogP contribution is -2.29. The van der Waals surface area contributed by atoms with Crippen molar-refractivity contribution in [1.29, 1.82) is 0 Å². The fourth-order valence-corrected chi connectivity index (χ4v) is 9.24. The van der Waals surface area contributed by atoms with Crippen LogP contribution < -0.4 is 8.37 Å². The summed E-state index contributed by atoms with van der Waals surface area (Å²) in [6.07, 6.45) is 0.863. The highest BCUT2D eigenvalue weighted by Crippen LogP contribution is 2.57. The molecule has 0 atom stereocenters. The van der Waals surface area contributed by atoms with Crippen LogP contribution in [0.2, 0.25) is 0 Å². The van der Waals surface area contributed by atoms with Gasteiger partial charge in [-0.1, -0.05) is 135 Å². The number of fused-ring (bicyclic) bond motifs is 3. The molecule has 0 N–H and O–H groups in total. The Morgan fingerprint density at radius 2 is 0.824 bits per heavy atom. The van der Waals surface area contributed by atoms with Gasteiger partial charge in [-0.25, -0.2) is 0 Å². The van der Waals surface area contributed by atoms with Gasteiger partial charge in [-0.3, -0.25) is 0 Å². The third-order valence-electron chi connectivity index (χ3n) is 9.29. The Hall–Kier alpha value is -5.18. The van der Waals surface area contributed by atoms with Crippen molar-refractivity contribution < 1.29 is 25.2 Å². The highest BCUT2D eigenvalue weighted by atomic mass is 32.2. The number of hydrogen-bond donors (Lipinski definition) is 0. The second kappa shape index (κ2) is 13.9.